The van der Waals surface area contributed by atoms with Crippen LogP contribution in [0.3, 0.4) is 0 Å². The Morgan fingerprint density at radius 3 is 2.79 bits per heavy atom. The number of aliphatic hydroxyl groups is 1. The number of halogens is 2. The second-order valence-electron chi connectivity index (χ2n) is 3.96. The molecule has 19 heavy (non-hydrogen) atoms. The van der Waals surface area contributed by atoms with Gasteiger partial charge in [0.05, 0.1) is 13.2 Å². The van der Waals surface area contributed by atoms with Gasteiger partial charge in [-0.1, -0.05) is 6.92 Å². The summed E-state index contributed by atoms with van der Waals surface area (Å²) in [7, 11) is 0. The molecular weight excluding hydrogens is 256 g/mol. The Kier molecular flexibility index (Phi) is 6.20. The van der Waals surface area contributed by atoms with Crippen molar-refractivity contribution in [3.63, 3.8) is 0 Å². The van der Waals surface area contributed by atoms with Crippen LogP contribution in [-0.2, 0) is 0 Å². The number of nitrogen functional groups attached to an aromatic ring is 1. The molecule has 0 amide bonds. The first-order valence-electron chi connectivity index (χ1n) is 6.09. The Morgan fingerprint density at radius 2 is 2.21 bits per heavy atom. The molecule has 4 N–H and O–H groups in total. The Hall–Kier alpha value is -1.70. The van der Waals surface area contributed by atoms with Gasteiger partial charge in [0.2, 0.25) is 5.95 Å². The summed E-state index contributed by atoms with van der Waals surface area (Å²) in [5.74, 6) is 0.773. The Labute approximate surface area is 110 Å². The van der Waals surface area contributed by atoms with Crippen molar-refractivity contribution in [3.05, 3.63) is 6.07 Å². The zero-order valence-corrected chi connectivity index (χ0v) is 10.8. The van der Waals surface area contributed by atoms with Crippen molar-refractivity contribution >= 4 is 17.6 Å². The number of alkyl halides is 2. The molecule has 1 rings (SSSR count). The Bertz CT molecular complexity index is 391. The minimum Gasteiger partial charge on any atom is -0.395 e. The maximum Gasteiger partial charge on any atom is 0.255 e. The zero-order chi connectivity index (χ0) is 14.3. The van der Waals surface area contributed by atoms with Gasteiger partial charge in [0.25, 0.3) is 6.43 Å². The van der Waals surface area contributed by atoms with Crippen molar-refractivity contribution in [3.8, 4) is 0 Å². The number of aliphatic hydroxyl groups excluding tert-OH is 1. The summed E-state index contributed by atoms with van der Waals surface area (Å²) in [6, 6.07) is 1.55. The fourth-order valence-electron chi connectivity index (χ4n) is 1.54. The molecule has 0 bridgehead atoms. The summed E-state index contributed by atoms with van der Waals surface area (Å²) in [5, 5.41) is 11.9. The second-order valence-corrected chi connectivity index (χ2v) is 3.96. The number of nitrogens with one attached hydrogen (secondary N) is 1. The first kappa shape index (κ1) is 15.4. The van der Waals surface area contributed by atoms with Crippen LogP contribution < -0.4 is 16.0 Å². The van der Waals surface area contributed by atoms with Gasteiger partial charge in [-0.05, 0) is 6.42 Å². The van der Waals surface area contributed by atoms with Crippen LogP contribution in [-0.4, -0.2) is 47.7 Å². The third kappa shape index (κ3) is 5.21. The maximum atomic E-state index is 12.5. The second kappa shape index (κ2) is 7.67. The van der Waals surface area contributed by atoms with Crippen molar-refractivity contribution < 1.29 is 13.9 Å². The standard InChI is InChI=1S/C11H19F2N5O/c1-2-3-15-9-6-10(17-11(14)16-9)18(4-5-19)7-8(12)13/h6,8,19H,2-5,7H2,1H3,(H3,14,15,16,17). The highest BCUT2D eigenvalue weighted by atomic mass is 19.3. The van der Waals surface area contributed by atoms with Crippen LogP contribution in [0.2, 0.25) is 0 Å². The fraction of sp³-hybridized carbons (Fsp3) is 0.636. The minimum atomic E-state index is -2.52. The summed E-state index contributed by atoms with van der Waals surface area (Å²) in [5.41, 5.74) is 5.56. The first-order valence-corrected chi connectivity index (χ1v) is 6.09. The van der Waals surface area contributed by atoms with E-state index in [2.05, 4.69) is 15.3 Å². The van der Waals surface area contributed by atoms with E-state index in [0.717, 1.165) is 6.42 Å². The van der Waals surface area contributed by atoms with Gasteiger partial charge < -0.3 is 21.1 Å². The van der Waals surface area contributed by atoms with Crippen molar-refractivity contribution in [2.45, 2.75) is 19.8 Å². The predicted molar refractivity (Wildman–Crippen MR) is 70.5 cm³/mol. The van der Waals surface area contributed by atoms with E-state index in [9.17, 15) is 8.78 Å². The highest BCUT2D eigenvalue weighted by molar-refractivity contribution is 5.52. The van der Waals surface area contributed by atoms with E-state index in [-0.39, 0.29) is 24.9 Å². The van der Waals surface area contributed by atoms with E-state index in [4.69, 9.17) is 10.8 Å². The lowest BCUT2D eigenvalue weighted by molar-refractivity contribution is 0.152. The topological polar surface area (TPSA) is 87.3 Å². The SMILES string of the molecule is CCCNc1cc(N(CCO)CC(F)F)nc(N)n1. The van der Waals surface area contributed by atoms with E-state index in [1.54, 1.807) is 6.07 Å². The van der Waals surface area contributed by atoms with E-state index < -0.39 is 13.0 Å². The molecule has 108 valence electrons. The summed E-state index contributed by atoms with van der Waals surface area (Å²) >= 11 is 0. The van der Waals surface area contributed by atoms with Gasteiger partial charge in [0.1, 0.15) is 11.6 Å². The molecule has 0 fully saturated rings. The third-order valence-corrected chi connectivity index (χ3v) is 2.34. The quantitative estimate of drug-likeness (QED) is 0.654. The molecule has 0 saturated heterocycles. The highest BCUT2D eigenvalue weighted by Crippen LogP contribution is 2.18. The summed E-state index contributed by atoms with van der Waals surface area (Å²) < 4.78 is 25.0. The number of nitrogens with two attached hydrogens (primary N) is 1. The molecule has 0 aromatic carbocycles. The molecule has 0 spiro atoms. The van der Waals surface area contributed by atoms with E-state index in [1.807, 2.05) is 6.92 Å². The molecule has 1 aromatic heterocycles. The summed E-state index contributed by atoms with van der Waals surface area (Å²) in [6.07, 6.45) is -1.62. The predicted octanol–water partition coefficient (Wildman–Crippen LogP) is 0.944. The summed E-state index contributed by atoms with van der Waals surface area (Å²) in [4.78, 5) is 9.17. The monoisotopic (exact) mass is 275 g/mol. The van der Waals surface area contributed by atoms with Gasteiger partial charge in [-0.15, -0.1) is 0 Å². The molecule has 0 aliphatic rings. The maximum absolute atomic E-state index is 12.5. The molecule has 8 heteroatoms. The van der Waals surface area contributed by atoms with Crippen LogP contribution in [0.4, 0.5) is 26.4 Å². The van der Waals surface area contributed by atoms with Crippen LogP contribution in [0, 0.1) is 0 Å². The van der Waals surface area contributed by atoms with Crippen LogP contribution in [0.15, 0.2) is 6.07 Å². The molecule has 1 aromatic rings. The number of hydrogen-bond donors (Lipinski definition) is 3. The number of rotatable bonds is 8. The van der Waals surface area contributed by atoms with Gasteiger partial charge in [-0.25, -0.2) is 8.78 Å². The van der Waals surface area contributed by atoms with Gasteiger partial charge in [0, 0.05) is 19.2 Å². The normalized spacial score (nSPS) is 10.8. The fourth-order valence-corrected chi connectivity index (χ4v) is 1.54. The molecule has 1 heterocycles. The molecule has 0 saturated carbocycles. The van der Waals surface area contributed by atoms with Gasteiger partial charge >= 0.3 is 0 Å². The minimum absolute atomic E-state index is 0.00769. The molecular formula is C11H19F2N5O. The van der Waals surface area contributed by atoms with Crippen molar-refractivity contribution in [2.24, 2.45) is 0 Å². The largest absolute Gasteiger partial charge is 0.395 e. The Balaban J connectivity index is 2.90. The van der Waals surface area contributed by atoms with Gasteiger partial charge in [-0.3, -0.25) is 0 Å². The van der Waals surface area contributed by atoms with Crippen LogP contribution in [0.25, 0.3) is 0 Å². The zero-order valence-electron chi connectivity index (χ0n) is 10.8. The number of hydrogen-bond acceptors (Lipinski definition) is 6. The third-order valence-electron chi connectivity index (χ3n) is 2.34. The lowest BCUT2D eigenvalue weighted by Gasteiger charge is -2.22. The number of aromatic nitrogens is 2. The van der Waals surface area contributed by atoms with Crippen LogP contribution in [0.1, 0.15) is 13.3 Å². The van der Waals surface area contributed by atoms with Crippen molar-refractivity contribution in [1.82, 2.24) is 9.97 Å². The lowest BCUT2D eigenvalue weighted by atomic mass is 10.4. The highest BCUT2D eigenvalue weighted by Gasteiger charge is 2.15. The van der Waals surface area contributed by atoms with Gasteiger partial charge in [0.15, 0.2) is 0 Å². The Morgan fingerprint density at radius 1 is 1.47 bits per heavy atom. The molecule has 0 aliphatic carbocycles. The van der Waals surface area contributed by atoms with Crippen molar-refractivity contribution in [1.29, 1.82) is 0 Å². The average molecular weight is 275 g/mol. The molecule has 6 nitrogen and oxygen atoms in total. The molecule has 0 unspecified atom stereocenters. The first-order chi connectivity index (χ1) is 9.06. The molecule has 0 radical (unpaired) electrons. The number of anilines is 3. The van der Waals surface area contributed by atoms with Crippen LogP contribution in [0.5, 0.6) is 0 Å². The van der Waals surface area contributed by atoms with Gasteiger partial charge in [-0.2, -0.15) is 9.97 Å². The summed E-state index contributed by atoms with van der Waals surface area (Å²) in [6.45, 7) is 2.00. The average Bonchev–Trinajstić information content (AvgIpc) is 2.34. The lowest BCUT2D eigenvalue weighted by Crippen LogP contribution is -2.32. The van der Waals surface area contributed by atoms with Crippen LogP contribution >= 0.6 is 0 Å². The number of nitrogens with zero attached hydrogens (tertiary/aromatic N) is 3. The van der Waals surface area contributed by atoms with E-state index in [0.29, 0.717) is 12.4 Å². The molecule has 0 aliphatic heterocycles. The van der Waals surface area contributed by atoms with E-state index >= 15 is 0 Å². The smallest absolute Gasteiger partial charge is 0.255 e. The van der Waals surface area contributed by atoms with Crippen molar-refractivity contribution in [2.75, 3.05) is 42.2 Å². The van der Waals surface area contributed by atoms with E-state index in [1.165, 1.54) is 4.90 Å². The molecule has 0 atom stereocenters.